The number of allylic oxidation sites excluding steroid dienone is 4. The van der Waals surface area contributed by atoms with Gasteiger partial charge in [-0.3, -0.25) is 4.79 Å². The molecule has 1 heterocycles. The molecule has 7 nitrogen and oxygen atoms in total. The van der Waals surface area contributed by atoms with E-state index < -0.39 is 11.2 Å². The maximum absolute atomic E-state index is 13.4. The van der Waals surface area contributed by atoms with Crippen molar-refractivity contribution in [2.75, 3.05) is 7.11 Å². The molecule has 3 rings (SSSR count). The molecule has 0 bridgehead atoms. The molecule has 2 aromatic carbocycles. The molecule has 33 heavy (non-hydrogen) atoms. The van der Waals surface area contributed by atoms with Crippen LogP contribution < -0.4 is 10.2 Å². The van der Waals surface area contributed by atoms with E-state index >= 15 is 0 Å². The number of benzene rings is 2. The first kappa shape index (κ1) is 23.8. The van der Waals surface area contributed by atoms with E-state index in [9.17, 15) is 25.2 Å². The Morgan fingerprint density at radius 1 is 0.909 bits per heavy atom. The van der Waals surface area contributed by atoms with E-state index in [2.05, 4.69) is 0 Å². The number of aromatic hydroxyl groups is 4. The van der Waals surface area contributed by atoms with Crippen molar-refractivity contribution in [1.29, 1.82) is 0 Å². The molecule has 0 amide bonds. The fraction of sp³-hybridized carbons (Fsp3) is 0.269. The molecular weight excluding hydrogens is 424 g/mol. The van der Waals surface area contributed by atoms with Crippen LogP contribution in [0, 0.1) is 0 Å². The van der Waals surface area contributed by atoms with E-state index in [-0.39, 0.29) is 63.7 Å². The van der Waals surface area contributed by atoms with Crippen LogP contribution in [-0.4, -0.2) is 27.5 Å². The molecule has 0 radical (unpaired) electrons. The average Bonchev–Trinajstić information content (AvgIpc) is 2.74. The van der Waals surface area contributed by atoms with Gasteiger partial charge < -0.3 is 29.6 Å². The molecule has 0 atom stereocenters. The van der Waals surface area contributed by atoms with Crippen LogP contribution in [0.25, 0.3) is 22.3 Å². The third-order valence-electron chi connectivity index (χ3n) is 5.31. The van der Waals surface area contributed by atoms with Crippen molar-refractivity contribution in [2.45, 2.75) is 40.5 Å². The van der Waals surface area contributed by atoms with Crippen LogP contribution in [0.2, 0.25) is 0 Å². The molecule has 7 heteroatoms. The SMILES string of the molecule is COc1c(-c2ccc(O)c(O)c2)oc2c(CC=C(C)C)c(O)c(CC=C(C)C)c(O)c2c1=O. The zero-order valence-corrected chi connectivity index (χ0v) is 19.3. The first-order valence-electron chi connectivity index (χ1n) is 10.5. The molecule has 3 aromatic rings. The zero-order valence-electron chi connectivity index (χ0n) is 19.3. The fourth-order valence-electron chi connectivity index (χ4n) is 3.53. The van der Waals surface area contributed by atoms with Crippen molar-refractivity contribution >= 4 is 11.0 Å². The molecule has 174 valence electrons. The summed E-state index contributed by atoms with van der Waals surface area (Å²) in [7, 11) is 1.30. The van der Waals surface area contributed by atoms with Crippen LogP contribution in [-0.2, 0) is 12.8 Å². The van der Waals surface area contributed by atoms with E-state index in [1.807, 2.05) is 39.8 Å². The number of phenols is 4. The average molecular weight is 453 g/mol. The molecule has 0 spiro atoms. The maximum Gasteiger partial charge on any atom is 0.239 e. The molecule has 0 aliphatic rings. The van der Waals surface area contributed by atoms with Crippen LogP contribution in [0.4, 0.5) is 0 Å². The number of hydrogen-bond acceptors (Lipinski definition) is 7. The lowest BCUT2D eigenvalue weighted by atomic mass is 9.96. The van der Waals surface area contributed by atoms with E-state index in [1.54, 1.807) is 0 Å². The Morgan fingerprint density at radius 2 is 1.52 bits per heavy atom. The number of ether oxygens (including phenoxy) is 1. The molecule has 0 fully saturated rings. The monoisotopic (exact) mass is 452 g/mol. The smallest absolute Gasteiger partial charge is 0.239 e. The van der Waals surface area contributed by atoms with E-state index in [4.69, 9.17) is 9.15 Å². The van der Waals surface area contributed by atoms with Crippen molar-refractivity contribution in [3.05, 3.63) is 62.8 Å². The van der Waals surface area contributed by atoms with E-state index in [1.165, 1.54) is 25.3 Å². The summed E-state index contributed by atoms with van der Waals surface area (Å²) in [4.78, 5) is 13.4. The molecule has 0 saturated heterocycles. The molecular formula is C26H28O7. The number of hydrogen-bond donors (Lipinski definition) is 4. The quantitative estimate of drug-likeness (QED) is 0.295. The van der Waals surface area contributed by atoms with Gasteiger partial charge in [-0.2, -0.15) is 0 Å². The highest BCUT2D eigenvalue weighted by Crippen LogP contribution is 2.43. The molecule has 4 N–H and O–H groups in total. The lowest BCUT2D eigenvalue weighted by molar-refractivity contribution is 0.394. The molecule has 0 unspecified atom stereocenters. The van der Waals surface area contributed by atoms with Crippen molar-refractivity contribution < 1.29 is 29.6 Å². The fourth-order valence-corrected chi connectivity index (χ4v) is 3.53. The minimum atomic E-state index is -0.615. The summed E-state index contributed by atoms with van der Waals surface area (Å²) in [5.74, 6) is -1.42. The summed E-state index contributed by atoms with van der Waals surface area (Å²) in [5, 5.41) is 41.6. The lowest BCUT2D eigenvalue weighted by Crippen LogP contribution is -2.10. The van der Waals surface area contributed by atoms with Crippen LogP contribution in [0.3, 0.4) is 0 Å². The maximum atomic E-state index is 13.4. The molecule has 0 saturated carbocycles. The lowest BCUT2D eigenvalue weighted by Gasteiger charge is -2.16. The standard InChI is InChI=1S/C26H28O7/c1-13(2)6-9-16-21(29)17(10-7-14(3)4)25-20(22(16)30)23(31)26(32-5)24(33-25)15-8-11-18(27)19(28)12-15/h6-8,11-12,27-30H,9-10H2,1-5H3. The molecule has 0 aliphatic heterocycles. The summed E-state index contributed by atoms with van der Waals surface area (Å²) >= 11 is 0. The largest absolute Gasteiger partial charge is 0.507 e. The third-order valence-corrected chi connectivity index (χ3v) is 5.31. The van der Waals surface area contributed by atoms with Gasteiger partial charge in [-0.25, -0.2) is 0 Å². The Morgan fingerprint density at radius 3 is 2.06 bits per heavy atom. The minimum Gasteiger partial charge on any atom is -0.507 e. The van der Waals surface area contributed by atoms with Gasteiger partial charge in [-0.15, -0.1) is 0 Å². The Labute approximate surface area is 191 Å². The minimum absolute atomic E-state index is 0.000372. The van der Waals surface area contributed by atoms with Gasteiger partial charge in [0.15, 0.2) is 17.3 Å². The van der Waals surface area contributed by atoms with Crippen molar-refractivity contribution in [3.63, 3.8) is 0 Å². The van der Waals surface area contributed by atoms with Crippen molar-refractivity contribution in [1.82, 2.24) is 0 Å². The van der Waals surface area contributed by atoms with Gasteiger partial charge >= 0.3 is 0 Å². The van der Waals surface area contributed by atoms with Gasteiger partial charge in [0.1, 0.15) is 22.5 Å². The van der Waals surface area contributed by atoms with Crippen LogP contribution in [0.15, 0.2) is 50.7 Å². The molecule has 1 aromatic heterocycles. The zero-order chi connectivity index (χ0) is 24.4. The number of fused-ring (bicyclic) bond motifs is 1. The predicted molar refractivity (Wildman–Crippen MR) is 127 cm³/mol. The number of methoxy groups -OCH3 is 1. The topological polar surface area (TPSA) is 120 Å². The van der Waals surface area contributed by atoms with Gasteiger partial charge in [-0.1, -0.05) is 23.3 Å². The summed E-state index contributed by atoms with van der Waals surface area (Å²) < 4.78 is 11.4. The van der Waals surface area contributed by atoms with Gasteiger partial charge in [0.25, 0.3) is 0 Å². The number of rotatable bonds is 6. The Hall–Kier alpha value is -3.87. The third kappa shape index (κ3) is 4.53. The van der Waals surface area contributed by atoms with Crippen LogP contribution in [0.1, 0.15) is 38.8 Å². The summed E-state index contributed by atoms with van der Waals surface area (Å²) in [5.41, 5.74) is 2.26. The summed E-state index contributed by atoms with van der Waals surface area (Å²) in [6.45, 7) is 7.62. The van der Waals surface area contributed by atoms with Crippen molar-refractivity contribution in [2.24, 2.45) is 0 Å². The highest BCUT2D eigenvalue weighted by Gasteiger charge is 2.26. The predicted octanol–water partition coefficient (Wildman–Crippen LogP) is 5.31. The van der Waals surface area contributed by atoms with Crippen LogP contribution >= 0.6 is 0 Å². The Balaban J connectivity index is 2.47. The van der Waals surface area contributed by atoms with Gasteiger partial charge in [0.05, 0.1) is 7.11 Å². The Kier molecular flexibility index (Phi) is 6.72. The van der Waals surface area contributed by atoms with E-state index in [0.29, 0.717) is 5.56 Å². The molecule has 0 aliphatic carbocycles. The first-order chi connectivity index (χ1) is 15.6. The number of phenolic OH excluding ortho intramolecular Hbond substituents is 4. The van der Waals surface area contributed by atoms with Gasteiger partial charge in [0.2, 0.25) is 11.2 Å². The second-order valence-electron chi connectivity index (χ2n) is 8.33. The normalized spacial score (nSPS) is 10.8. The first-order valence-corrected chi connectivity index (χ1v) is 10.5. The second-order valence-corrected chi connectivity index (χ2v) is 8.33. The Bertz CT molecular complexity index is 1340. The van der Waals surface area contributed by atoms with E-state index in [0.717, 1.165) is 11.1 Å². The second kappa shape index (κ2) is 9.32. The van der Waals surface area contributed by atoms with Crippen LogP contribution in [0.5, 0.6) is 28.7 Å². The van der Waals surface area contributed by atoms with Gasteiger partial charge in [-0.05, 0) is 58.7 Å². The highest BCUT2D eigenvalue weighted by molar-refractivity contribution is 5.93. The summed E-state index contributed by atoms with van der Waals surface area (Å²) in [6.07, 6.45) is 4.22. The highest BCUT2D eigenvalue weighted by atomic mass is 16.5. The summed E-state index contributed by atoms with van der Waals surface area (Å²) in [6, 6.07) is 3.96. The van der Waals surface area contributed by atoms with Gasteiger partial charge in [0, 0.05) is 16.7 Å². The van der Waals surface area contributed by atoms with Crippen molar-refractivity contribution in [3.8, 4) is 40.1 Å².